The number of hydrogen-bond acceptors (Lipinski definition) is 10. The first-order chi connectivity index (χ1) is 40.7. The van der Waals surface area contributed by atoms with Gasteiger partial charge in [-0.15, -0.1) is 0 Å². The Bertz CT molecular complexity index is 1490. The van der Waals surface area contributed by atoms with E-state index in [1.807, 2.05) is 6.08 Å². The van der Waals surface area contributed by atoms with Crippen LogP contribution in [0.15, 0.2) is 36.5 Å². The molecule has 11 heteroatoms. The van der Waals surface area contributed by atoms with Crippen LogP contribution in [0.4, 0.5) is 0 Å². The molecule has 0 aromatic heterocycles. The van der Waals surface area contributed by atoms with Gasteiger partial charge in [0.2, 0.25) is 5.91 Å². The van der Waals surface area contributed by atoms with E-state index in [0.29, 0.717) is 19.3 Å². The van der Waals surface area contributed by atoms with E-state index in [1.165, 1.54) is 231 Å². The SMILES string of the molecule is CCCCCC/C=C\CCCCCCCCCC(=O)OC1C(OCC(NC(=O)C(O)CCCCCCCCCCCCCCCCCC/C=C/CCCCCCCC)C(O)/C=C/CCCCCCCCCCCCC)OC(CO)C(O)C1O. The van der Waals surface area contributed by atoms with Crippen LogP contribution in [0.1, 0.15) is 348 Å². The number of aliphatic hydroxyl groups is 5. The zero-order chi connectivity index (χ0) is 60.3. The molecule has 0 radical (unpaired) electrons. The minimum atomic E-state index is -1.61. The summed E-state index contributed by atoms with van der Waals surface area (Å²) in [6, 6.07) is -1.02. The van der Waals surface area contributed by atoms with Crippen molar-refractivity contribution in [1.82, 2.24) is 5.32 Å². The Hall–Kier alpha value is -2.12. The van der Waals surface area contributed by atoms with Crippen LogP contribution in [0.5, 0.6) is 0 Å². The van der Waals surface area contributed by atoms with Crippen molar-refractivity contribution in [3.63, 3.8) is 0 Å². The van der Waals surface area contributed by atoms with E-state index < -0.39 is 67.4 Å². The van der Waals surface area contributed by atoms with Crippen LogP contribution in [0.3, 0.4) is 0 Å². The van der Waals surface area contributed by atoms with Crippen LogP contribution in [-0.4, -0.2) is 99.6 Å². The number of ether oxygens (including phenoxy) is 3. The van der Waals surface area contributed by atoms with Gasteiger partial charge in [-0.3, -0.25) is 9.59 Å². The van der Waals surface area contributed by atoms with Crippen molar-refractivity contribution in [1.29, 1.82) is 0 Å². The zero-order valence-electron chi connectivity index (χ0n) is 54.3. The zero-order valence-corrected chi connectivity index (χ0v) is 54.3. The Balaban J connectivity index is 2.55. The predicted octanol–water partition coefficient (Wildman–Crippen LogP) is 18.2. The van der Waals surface area contributed by atoms with Crippen LogP contribution in [0.2, 0.25) is 0 Å². The molecule has 0 saturated carbocycles. The maximum atomic E-state index is 13.5. The lowest BCUT2D eigenvalue weighted by Gasteiger charge is -2.41. The van der Waals surface area contributed by atoms with Crippen molar-refractivity contribution >= 4 is 11.9 Å². The average molecular weight is 1170 g/mol. The number of unbranched alkanes of at least 4 members (excludes halogenated alkanes) is 44. The number of esters is 1. The van der Waals surface area contributed by atoms with E-state index in [0.717, 1.165) is 70.6 Å². The van der Waals surface area contributed by atoms with Crippen molar-refractivity contribution < 1.29 is 49.3 Å². The number of carbonyl (C=O) groups is 2. The molecular weight excluding hydrogens is 1040 g/mol. The van der Waals surface area contributed by atoms with Crippen molar-refractivity contribution in [2.75, 3.05) is 13.2 Å². The summed E-state index contributed by atoms with van der Waals surface area (Å²) in [6.45, 7) is 5.82. The molecule has 0 aromatic carbocycles. The lowest BCUT2D eigenvalue weighted by atomic mass is 9.99. The van der Waals surface area contributed by atoms with Gasteiger partial charge in [-0.05, 0) is 77.0 Å². The monoisotopic (exact) mass is 1170 g/mol. The number of amides is 1. The molecule has 1 aliphatic heterocycles. The highest BCUT2D eigenvalue weighted by Crippen LogP contribution is 2.26. The molecule has 0 spiro atoms. The van der Waals surface area contributed by atoms with Gasteiger partial charge in [0.1, 0.15) is 24.4 Å². The standard InChI is InChI=1S/C72H135NO10/c1-4-7-10-13-16-19-22-25-27-28-29-30-31-32-33-34-35-36-37-39-41-44-47-50-53-56-59-65(76)71(80)73-63(64(75)58-55-52-49-46-43-40-24-21-18-15-12-9-6-3)62-81-72-70(69(79)68(78)66(61-74)82-72)83-67(77)60-57-54-51-48-45-42-38-26-23-20-17-14-11-8-5-2/h20,23,25,27,55,58,63-66,68-70,72,74-76,78-79H,4-19,21-22,24,26,28-54,56-57,59-62H2,1-3H3,(H,73,80)/b23-20-,27-25+,58-55+. The molecule has 1 saturated heterocycles. The van der Waals surface area contributed by atoms with Gasteiger partial charge in [-0.2, -0.15) is 0 Å². The Morgan fingerprint density at radius 1 is 0.458 bits per heavy atom. The Labute approximate surface area is 511 Å². The number of rotatable bonds is 62. The summed E-state index contributed by atoms with van der Waals surface area (Å²) in [5.74, 6) is -1.18. The summed E-state index contributed by atoms with van der Waals surface area (Å²) < 4.78 is 17.7. The van der Waals surface area contributed by atoms with Crippen LogP contribution in [0.25, 0.3) is 0 Å². The van der Waals surface area contributed by atoms with Gasteiger partial charge in [-0.1, -0.05) is 301 Å². The Morgan fingerprint density at radius 3 is 1.18 bits per heavy atom. The highest BCUT2D eigenvalue weighted by atomic mass is 16.7. The highest BCUT2D eigenvalue weighted by Gasteiger charge is 2.47. The first kappa shape index (κ1) is 78.9. The molecular formula is C72H135NO10. The third-order valence-electron chi connectivity index (χ3n) is 17.0. The third kappa shape index (κ3) is 47.6. The second kappa shape index (κ2) is 60.2. The van der Waals surface area contributed by atoms with Gasteiger partial charge in [0.05, 0.1) is 25.4 Å². The lowest BCUT2D eigenvalue weighted by Crippen LogP contribution is -2.61. The van der Waals surface area contributed by atoms with Gasteiger partial charge in [0.15, 0.2) is 12.4 Å². The van der Waals surface area contributed by atoms with E-state index >= 15 is 0 Å². The van der Waals surface area contributed by atoms with Crippen molar-refractivity contribution in [3.8, 4) is 0 Å². The molecule has 1 rings (SSSR count). The first-order valence-corrected chi connectivity index (χ1v) is 35.8. The predicted molar refractivity (Wildman–Crippen MR) is 347 cm³/mol. The number of carbonyl (C=O) groups excluding carboxylic acids is 2. The minimum Gasteiger partial charge on any atom is -0.454 e. The van der Waals surface area contributed by atoms with Crippen LogP contribution >= 0.6 is 0 Å². The van der Waals surface area contributed by atoms with Crippen molar-refractivity contribution in [2.24, 2.45) is 0 Å². The van der Waals surface area contributed by atoms with E-state index in [1.54, 1.807) is 6.08 Å². The minimum absolute atomic E-state index is 0.121. The summed E-state index contributed by atoms with van der Waals surface area (Å²) >= 11 is 0. The molecule has 1 amide bonds. The van der Waals surface area contributed by atoms with Crippen molar-refractivity contribution in [3.05, 3.63) is 36.5 Å². The van der Waals surface area contributed by atoms with Gasteiger partial charge in [-0.25, -0.2) is 0 Å². The smallest absolute Gasteiger partial charge is 0.306 e. The van der Waals surface area contributed by atoms with E-state index in [9.17, 15) is 35.1 Å². The number of nitrogens with one attached hydrogen (secondary N) is 1. The second-order valence-corrected chi connectivity index (χ2v) is 25.0. The molecule has 8 unspecified atom stereocenters. The van der Waals surface area contributed by atoms with Gasteiger partial charge < -0.3 is 45.1 Å². The van der Waals surface area contributed by atoms with E-state index in [2.05, 4.69) is 50.4 Å². The lowest BCUT2D eigenvalue weighted by molar-refractivity contribution is -0.305. The molecule has 6 N–H and O–H groups in total. The molecule has 1 fully saturated rings. The fraction of sp³-hybridized carbons (Fsp3) is 0.889. The quantitative estimate of drug-likeness (QED) is 0.0195. The summed E-state index contributed by atoms with van der Waals surface area (Å²) in [5, 5.41) is 57.2. The highest BCUT2D eigenvalue weighted by molar-refractivity contribution is 5.80. The number of hydrogen-bond donors (Lipinski definition) is 6. The summed E-state index contributed by atoms with van der Waals surface area (Å²) in [6.07, 6.45) is 63.4. The maximum absolute atomic E-state index is 13.5. The summed E-state index contributed by atoms with van der Waals surface area (Å²) in [5.41, 5.74) is 0. The molecule has 1 aliphatic rings. The molecule has 1 heterocycles. The summed E-state index contributed by atoms with van der Waals surface area (Å²) in [4.78, 5) is 26.6. The fourth-order valence-electron chi connectivity index (χ4n) is 11.3. The van der Waals surface area contributed by atoms with Crippen LogP contribution < -0.4 is 5.32 Å². The summed E-state index contributed by atoms with van der Waals surface area (Å²) in [7, 11) is 0. The molecule has 0 bridgehead atoms. The van der Waals surface area contributed by atoms with E-state index in [-0.39, 0.29) is 13.0 Å². The van der Waals surface area contributed by atoms with Crippen molar-refractivity contribution in [2.45, 2.75) is 397 Å². The van der Waals surface area contributed by atoms with Gasteiger partial charge >= 0.3 is 5.97 Å². The molecule has 11 nitrogen and oxygen atoms in total. The topological polar surface area (TPSA) is 175 Å². The van der Waals surface area contributed by atoms with Gasteiger partial charge in [0, 0.05) is 6.42 Å². The molecule has 83 heavy (non-hydrogen) atoms. The van der Waals surface area contributed by atoms with Crippen LogP contribution in [0, 0.1) is 0 Å². The Morgan fingerprint density at radius 2 is 0.795 bits per heavy atom. The largest absolute Gasteiger partial charge is 0.454 e. The second-order valence-electron chi connectivity index (χ2n) is 25.0. The van der Waals surface area contributed by atoms with E-state index in [4.69, 9.17) is 14.2 Å². The fourth-order valence-corrected chi connectivity index (χ4v) is 11.3. The maximum Gasteiger partial charge on any atom is 0.306 e. The third-order valence-corrected chi connectivity index (χ3v) is 17.0. The molecule has 0 aliphatic carbocycles. The molecule has 0 aromatic rings. The Kier molecular flexibility index (Phi) is 57.2. The molecule has 488 valence electrons. The first-order valence-electron chi connectivity index (χ1n) is 35.8. The van der Waals surface area contributed by atoms with Gasteiger partial charge in [0.25, 0.3) is 0 Å². The normalized spacial score (nSPS) is 18.7. The van der Waals surface area contributed by atoms with Crippen LogP contribution in [-0.2, 0) is 23.8 Å². The number of aliphatic hydroxyl groups excluding tert-OH is 5. The number of allylic oxidation sites excluding steroid dienone is 5. The molecule has 8 atom stereocenters. The average Bonchev–Trinajstić information content (AvgIpc) is 3.54.